The third-order valence-corrected chi connectivity index (χ3v) is 5.00. The van der Waals surface area contributed by atoms with Crippen molar-refractivity contribution in [2.24, 2.45) is 0 Å². The lowest BCUT2D eigenvalue weighted by atomic mass is 10.1. The van der Waals surface area contributed by atoms with Crippen molar-refractivity contribution in [2.45, 2.75) is 13.5 Å². The van der Waals surface area contributed by atoms with Crippen molar-refractivity contribution >= 4 is 35.0 Å². The Balaban J connectivity index is 1.71. The van der Waals surface area contributed by atoms with Crippen LogP contribution in [0.1, 0.15) is 28.4 Å². The summed E-state index contributed by atoms with van der Waals surface area (Å²) in [6.45, 7) is 2.19. The Bertz CT molecular complexity index is 919. The number of methoxy groups -OCH3 is 1. The van der Waals surface area contributed by atoms with E-state index in [4.69, 9.17) is 9.47 Å². The highest BCUT2D eigenvalue weighted by molar-refractivity contribution is 8.18. The molecule has 0 bridgehead atoms. The van der Waals surface area contributed by atoms with Gasteiger partial charge in [0, 0.05) is 0 Å². The molecule has 1 saturated heterocycles. The van der Waals surface area contributed by atoms with Crippen LogP contribution in [0.25, 0.3) is 6.08 Å². The Morgan fingerprint density at radius 3 is 2.36 bits per heavy atom. The number of nitrogens with zero attached hydrogens (tertiary/aromatic N) is 1. The fourth-order valence-electron chi connectivity index (χ4n) is 2.63. The number of hydrogen-bond donors (Lipinski definition) is 0. The zero-order valence-corrected chi connectivity index (χ0v) is 16.3. The zero-order valence-electron chi connectivity index (χ0n) is 15.5. The quantitative estimate of drug-likeness (QED) is 0.540. The second-order valence-corrected chi connectivity index (χ2v) is 6.95. The van der Waals surface area contributed by atoms with E-state index < -0.39 is 5.97 Å². The molecule has 0 saturated carbocycles. The van der Waals surface area contributed by atoms with Crippen molar-refractivity contribution in [3.63, 3.8) is 0 Å². The molecule has 0 N–H and O–H groups in total. The maximum atomic E-state index is 12.6. The number of ether oxygens (including phenoxy) is 2. The smallest absolute Gasteiger partial charge is 0.338 e. The number of imide groups is 1. The van der Waals surface area contributed by atoms with E-state index in [0.717, 1.165) is 28.6 Å². The lowest BCUT2D eigenvalue weighted by Crippen LogP contribution is -2.27. The van der Waals surface area contributed by atoms with E-state index in [1.54, 1.807) is 56.5 Å². The van der Waals surface area contributed by atoms with Gasteiger partial charge in [-0.2, -0.15) is 0 Å². The van der Waals surface area contributed by atoms with E-state index in [1.165, 1.54) is 4.90 Å². The van der Waals surface area contributed by atoms with Gasteiger partial charge in [-0.05, 0) is 60.2 Å². The van der Waals surface area contributed by atoms with Crippen molar-refractivity contribution in [2.75, 3.05) is 13.7 Å². The highest BCUT2D eigenvalue weighted by Crippen LogP contribution is 2.33. The molecule has 2 aromatic carbocycles. The van der Waals surface area contributed by atoms with Crippen molar-refractivity contribution in [1.82, 2.24) is 4.90 Å². The number of carbonyl (C=O) groups is 3. The molecule has 0 spiro atoms. The number of benzene rings is 2. The summed E-state index contributed by atoms with van der Waals surface area (Å²) in [6, 6.07) is 13.9. The number of thioether (sulfide) groups is 1. The minimum atomic E-state index is -0.400. The average Bonchev–Trinajstić information content (AvgIpc) is 2.96. The molecule has 0 radical (unpaired) electrons. The lowest BCUT2D eigenvalue weighted by Gasteiger charge is -2.12. The van der Waals surface area contributed by atoms with Gasteiger partial charge in [0.25, 0.3) is 11.1 Å². The van der Waals surface area contributed by atoms with Crippen molar-refractivity contribution < 1.29 is 23.9 Å². The summed E-state index contributed by atoms with van der Waals surface area (Å²) in [7, 11) is 1.58. The van der Waals surface area contributed by atoms with Crippen LogP contribution >= 0.6 is 11.8 Å². The second kappa shape index (κ2) is 8.75. The Hall–Kier alpha value is -3.06. The number of amides is 2. The molecule has 7 heteroatoms. The summed E-state index contributed by atoms with van der Waals surface area (Å²) in [4.78, 5) is 38.2. The van der Waals surface area contributed by atoms with Gasteiger partial charge in [0.05, 0.1) is 30.7 Å². The van der Waals surface area contributed by atoms with Gasteiger partial charge in [0.2, 0.25) is 0 Å². The van der Waals surface area contributed by atoms with Gasteiger partial charge >= 0.3 is 5.97 Å². The van der Waals surface area contributed by atoms with Crippen LogP contribution in [0.4, 0.5) is 4.79 Å². The van der Waals surface area contributed by atoms with Gasteiger partial charge in [0.15, 0.2) is 0 Å². The minimum absolute atomic E-state index is 0.147. The number of rotatable bonds is 6. The maximum absolute atomic E-state index is 12.6. The molecule has 1 heterocycles. The minimum Gasteiger partial charge on any atom is -0.497 e. The summed E-state index contributed by atoms with van der Waals surface area (Å²) in [6.07, 6.45) is 1.69. The third kappa shape index (κ3) is 4.43. The first-order chi connectivity index (χ1) is 13.5. The van der Waals surface area contributed by atoms with Crippen LogP contribution < -0.4 is 4.74 Å². The van der Waals surface area contributed by atoms with Crippen LogP contribution in [0.5, 0.6) is 5.75 Å². The fraction of sp³-hybridized carbons (Fsp3) is 0.190. The molecule has 0 atom stereocenters. The van der Waals surface area contributed by atoms with E-state index in [9.17, 15) is 14.4 Å². The molecule has 6 nitrogen and oxygen atoms in total. The Morgan fingerprint density at radius 1 is 1.07 bits per heavy atom. The van der Waals surface area contributed by atoms with E-state index in [2.05, 4.69) is 0 Å². The Morgan fingerprint density at radius 2 is 1.75 bits per heavy atom. The van der Waals surface area contributed by atoms with Gasteiger partial charge in [-0.3, -0.25) is 14.5 Å². The number of hydrogen-bond acceptors (Lipinski definition) is 6. The molecule has 0 aromatic heterocycles. The monoisotopic (exact) mass is 397 g/mol. The van der Waals surface area contributed by atoms with E-state index in [0.29, 0.717) is 17.1 Å². The fourth-order valence-corrected chi connectivity index (χ4v) is 3.47. The van der Waals surface area contributed by atoms with Gasteiger partial charge < -0.3 is 9.47 Å². The molecule has 3 rings (SSSR count). The molecule has 1 aliphatic rings. The topological polar surface area (TPSA) is 72.9 Å². The van der Waals surface area contributed by atoms with E-state index in [1.807, 2.05) is 12.1 Å². The van der Waals surface area contributed by atoms with Crippen molar-refractivity contribution in [1.29, 1.82) is 0 Å². The first-order valence-electron chi connectivity index (χ1n) is 8.67. The molecule has 144 valence electrons. The summed E-state index contributed by atoms with van der Waals surface area (Å²) in [5.74, 6) is -0.0144. The van der Waals surface area contributed by atoms with Gasteiger partial charge in [-0.15, -0.1) is 0 Å². The molecular weight excluding hydrogens is 378 g/mol. The zero-order chi connectivity index (χ0) is 20.1. The normalized spacial score (nSPS) is 15.2. The predicted octanol–water partition coefficient (Wildman–Crippen LogP) is 4.11. The lowest BCUT2D eigenvalue weighted by molar-refractivity contribution is -0.123. The largest absolute Gasteiger partial charge is 0.497 e. The summed E-state index contributed by atoms with van der Waals surface area (Å²) >= 11 is 0.914. The number of carbonyl (C=O) groups excluding carboxylic acids is 3. The SMILES string of the molecule is CCOC(=O)c1ccc(CN2C(=O)S/C(=C\c3ccc(OC)cc3)C2=O)cc1. The molecule has 0 unspecified atom stereocenters. The van der Waals surface area contributed by atoms with Crippen LogP contribution in [-0.4, -0.2) is 35.7 Å². The van der Waals surface area contributed by atoms with Gasteiger partial charge in [0.1, 0.15) is 5.75 Å². The summed E-state index contributed by atoms with van der Waals surface area (Å²) in [5.41, 5.74) is 1.99. The molecule has 0 aliphatic carbocycles. The number of esters is 1. The Labute approximate surface area is 167 Å². The third-order valence-electron chi connectivity index (χ3n) is 4.09. The van der Waals surface area contributed by atoms with Crippen LogP contribution in [0, 0.1) is 0 Å². The Kier molecular flexibility index (Phi) is 6.16. The maximum Gasteiger partial charge on any atom is 0.338 e. The van der Waals surface area contributed by atoms with Crippen LogP contribution in [0.2, 0.25) is 0 Å². The van der Waals surface area contributed by atoms with E-state index >= 15 is 0 Å². The van der Waals surface area contributed by atoms with Gasteiger partial charge in [-0.1, -0.05) is 24.3 Å². The van der Waals surface area contributed by atoms with Crippen LogP contribution in [-0.2, 0) is 16.1 Å². The molecular formula is C21H19NO5S. The predicted molar refractivity (Wildman–Crippen MR) is 107 cm³/mol. The second-order valence-electron chi connectivity index (χ2n) is 5.96. The summed E-state index contributed by atoms with van der Waals surface area (Å²) < 4.78 is 10.1. The van der Waals surface area contributed by atoms with Crippen LogP contribution in [0.3, 0.4) is 0 Å². The van der Waals surface area contributed by atoms with Gasteiger partial charge in [-0.25, -0.2) is 4.79 Å². The molecule has 1 aliphatic heterocycles. The highest BCUT2D eigenvalue weighted by Gasteiger charge is 2.34. The first-order valence-corrected chi connectivity index (χ1v) is 9.49. The molecule has 2 aromatic rings. The highest BCUT2D eigenvalue weighted by atomic mass is 32.2. The van der Waals surface area contributed by atoms with Crippen molar-refractivity contribution in [3.8, 4) is 5.75 Å². The molecule has 2 amide bonds. The van der Waals surface area contributed by atoms with E-state index in [-0.39, 0.29) is 17.7 Å². The average molecular weight is 397 g/mol. The van der Waals surface area contributed by atoms with Crippen LogP contribution in [0.15, 0.2) is 53.4 Å². The molecule has 28 heavy (non-hydrogen) atoms. The first kappa shape index (κ1) is 19.7. The summed E-state index contributed by atoms with van der Waals surface area (Å²) in [5, 5.41) is -0.320. The van der Waals surface area contributed by atoms with Crippen molar-refractivity contribution in [3.05, 3.63) is 70.1 Å². The standard InChI is InChI=1S/C21H19NO5S/c1-3-27-20(24)16-8-4-15(5-9-16)13-22-19(23)18(28-21(22)25)12-14-6-10-17(26-2)11-7-14/h4-12H,3,13H2,1-2H3/b18-12-. The molecule has 1 fully saturated rings.